The molecule has 5 nitrogen and oxygen atoms in total. The fraction of sp³-hybridized carbons (Fsp3) is 0.250. The van der Waals surface area contributed by atoms with Gasteiger partial charge in [-0.25, -0.2) is 4.39 Å². The van der Waals surface area contributed by atoms with Gasteiger partial charge in [-0.05, 0) is 24.1 Å². The number of amides is 1. The van der Waals surface area contributed by atoms with Gasteiger partial charge in [-0.1, -0.05) is 42.5 Å². The molecule has 26 heavy (non-hydrogen) atoms. The van der Waals surface area contributed by atoms with Gasteiger partial charge in [0.25, 0.3) is 0 Å². The SMILES string of the molecule is O=C(Cc1cccc(F)c1)N1CC[C@@H](n2cnnc2-c2ccccc2)C1. The summed E-state index contributed by atoms with van der Waals surface area (Å²) in [7, 11) is 0. The Morgan fingerprint density at radius 2 is 2.00 bits per heavy atom. The van der Waals surface area contributed by atoms with E-state index in [9.17, 15) is 9.18 Å². The number of nitrogens with zero attached hydrogens (tertiary/aromatic N) is 4. The molecule has 2 heterocycles. The Hall–Kier alpha value is -3.02. The minimum atomic E-state index is -0.313. The molecule has 4 rings (SSSR count). The van der Waals surface area contributed by atoms with E-state index >= 15 is 0 Å². The van der Waals surface area contributed by atoms with Gasteiger partial charge in [0.05, 0.1) is 12.5 Å². The van der Waals surface area contributed by atoms with Gasteiger partial charge in [0.1, 0.15) is 12.1 Å². The Morgan fingerprint density at radius 3 is 2.81 bits per heavy atom. The average Bonchev–Trinajstić information content (AvgIpc) is 3.32. The van der Waals surface area contributed by atoms with Gasteiger partial charge in [-0.2, -0.15) is 0 Å². The van der Waals surface area contributed by atoms with Crippen molar-refractivity contribution in [1.82, 2.24) is 19.7 Å². The van der Waals surface area contributed by atoms with E-state index < -0.39 is 0 Å². The number of benzene rings is 2. The number of rotatable bonds is 4. The van der Waals surface area contributed by atoms with Crippen LogP contribution in [-0.2, 0) is 11.2 Å². The molecule has 1 aliphatic heterocycles. The molecule has 6 heteroatoms. The topological polar surface area (TPSA) is 51.0 Å². The highest BCUT2D eigenvalue weighted by Crippen LogP contribution is 2.27. The predicted octanol–water partition coefficient (Wildman–Crippen LogP) is 3.10. The van der Waals surface area contributed by atoms with Gasteiger partial charge in [0.15, 0.2) is 5.82 Å². The second-order valence-corrected chi connectivity index (χ2v) is 6.52. The first-order valence-corrected chi connectivity index (χ1v) is 8.68. The zero-order chi connectivity index (χ0) is 17.9. The highest BCUT2D eigenvalue weighted by molar-refractivity contribution is 5.79. The fourth-order valence-corrected chi connectivity index (χ4v) is 3.43. The Balaban J connectivity index is 1.46. The summed E-state index contributed by atoms with van der Waals surface area (Å²) in [5, 5.41) is 8.30. The van der Waals surface area contributed by atoms with E-state index in [1.807, 2.05) is 39.8 Å². The van der Waals surface area contributed by atoms with Gasteiger partial charge < -0.3 is 9.47 Å². The van der Waals surface area contributed by atoms with Crippen LogP contribution in [0, 0.1) is 5.82 Å². The number of hydrogen-bond donors (Lipinski definition) is 0. The fourth-order valence-electron chi connectivity index (χ4n) is 3.43. The van der Waals surface area contributed by atoms with Crippen molar-refractivity contribution in [2.75, 3.05) is 13.1 Å². The Labute approximate surface area is 151 Å². The van der Waals surface area contributed by atoms with E-state index in [-0.39, 0.29) is 24.2 Å². The first kappa shape index (κ1) is 16.4. The minimum Gasteiger partial charge on any atom is -0.340 e. The minimum absolute atomic E-state index is 0.0208. The summed E-state index contributed by atoms with van der Waals surface area (Å²) in [6.07, 6.45) is 2.80. The molecule has 3 aromatic rings. The third kappa shape index (κ3) is 3.35. The zero-order valence-corrected chi connectivity index (χ0v) is 14.3. The molecule has 1 aliphatic rings. The molecular formula is C20H19FN4O. The molecule has 0 unspecified atom stereocenters. The van der Waals surface area contributed by atoms with Crippen LogP contribution >= 0.6 is 0 Å². The van der Waals surface area contributed by atoms with Crippen molar-refractivity contribution in [2.24, 2.45) is 0 Å². The lowest BCUT2D eigenvalue weighted by molar-refractivity contribution is -0.129. The van der Waals surface area contributed by atoms with Crippen LogP contribution in [0.3, 0.4) is 0 Å². The number of aromatic nitrogens is 3. The normalized spacial score (nSPS) is 16.8. The van der Waals surface area contributed by atoms with Crippen LogP contribution in [0.2, 0.25) is 0 Å². The molecule has 1 fully saturated rings. The standard InChI is InChI=1S/C20H19FN4O/c21-17-8-4-5-15(11-17)12-19(26)24-10-9-18(13-24)25-14-22-23-20(25)16-6-2-1-3-7-16/h1-8,11,14,18H,9-10,12-13H2/t18-/m1/s1. The van der Waals surface area contributed by atoms with Crippen LogP contribution in [0.4, 0.5) is 4.39 Å². The molecule has 2 aromatic carbocycles. The Morgan fingerprint density at radius 1 is 1.15 bits per heavy atom. The van der Waals surface area contributed by atoms with E-state index in [1.54, 1.807) is 18.5 Å². The van der Waals surface area contributed by atoms with Gasteiger partial charge in [-0.3, -0.25) is 4.79 Å². The van der Waals surface area contributed by atoms with Crippen molar-refractivity contribution >= 4 is 5.91 Å². The number of carbonyl (C=O) groups is 1. The quantitative estimate of drug-likeness (QED) is 0.726. The second-order valence-electron chi connectivity index (χ2n) is 6.52. The van der Waals surface area contributed by atoms with Crippen molar-refractivity contribution in [3.05, 3.63) is 72.3 Å². The largest absolute Gasteiger partial charge is 0.340 e. The number of hydrogen-bond acceptors (Lipinski definition) is 3. The maximum absolute atomic E-state index is 13.3. The molecule has 1 saturated heterocycles. The van der Waals surface area contributed by atoms with Crippen LogP contribution in [0.15, 0.2) is 60.9 Å². The van der Waals surface area contributed by atoms with Crippen LogP contribution in [-0.4, -0.2) is 38.7 Å². The summed E-state index contributed by atoms with van der Waals surface area (Å²) in [5.41, 5.74) is 1.71. The van der Waals surface area contributed by atoms with E-state index in [4.69, 9.17) is 0 Å². The van der Waals surface area contributed by atoms with Crippen LogP contribution in [0.25, 0.3) is 11.4 Å². The molecule has 0 saturated carbocycles. The molecule has 1 amide bonds. The van der Waals surface area contributed by atoms with Crippen molar-refractivity contribution in [3.63, 3.8) is 0 Å². The van der Waals surface area contributed by atoms with E-state index in [2.05, 4.69) is 10.2 Å². The van der Waals surface area contributed by atoms with E-state index in [1.165, 1.54) is 12.1 Å². The van der Waals surface area contributed by atoms with Gasteiger partial charge in [-0.15, -0.1) is 10.2 Å². The summed E-state index contributed by atoms with van der Waals surface area (Å²) in [5.74, 6) is 0.522. The molecule has 1 aromatic heterocycles. The lowest BCUT2D eigenvalue weighted by Gasteiger charge is -2.18. The third-order valence-electron chi connectivity index (χ3n) is 4.76. The molecule has 0 N–H and O–H groups in total. The highest BCUT2D eigenvalue weighted by Gasteiger charge is 2.29. The summed E-state index contributed by atoms with van der Waals surface area (Å²) in [4.78, 5) is 14.4. The molecule has 0 bridgehead atoms. The van der Waals surface area contributed by atoms with Crippen molar-refractivity contribution < 1.29 is 9.18 Å². The predicted molar refractivity (Wildman–Crippen MR) is 95.8 cm³/mol. The number of halogens is 1. The molecule has 0 radical (unpaired) electrons. The Bertz CT molecular complexity index is 909. The first-order valence-electron chi connectivity index (χ1n) is 8.68. The molecule has 132 valence electrons. The highest BCUT2D eigenvalue weighted by atomic mass is 19.1. The molecular weight excluding hydrogens is 331 g/mol. The van der Waals surface area contributed by atoms with Crippen molar-refractivity contribution in [3.8, 4) is 11.4 Å². The first-order chi connectivity index (χ1) is 12.7. The lowest BCUT2D eigenvalue weighted by Crippen LogP contribution is -2.30. The summed E-state index contributed by atoms with van der Waals surface area (Å²) in [6.45, 7) is 1.30. The smallest absolute Gasteiger partial charge is 0.227 e. The monoisotopic (exact) mass is 350 g/mol. The Kier molecular flexibility index (Phi) is 4.48. The van der Waals surface area contributed by atoms with Crippen molar-refractivity contribution in [1.29, 1.82) is 0 Å². The van der Waals surface area contributed by atoms with Gasteiger partial charge in [0, 0.05) is 18.7 Å². The second kappa shape index (κ2) is 7.07. The molecule has 0 aliphatic carbocycles. The maximum atomic E-state index is 13.3. The number of likely N-dealkylation sites (tertiary alicyclic amines) is 1. The summed E-state index contributed by atoms with van der Waals surface area (Å²) in [6, 6.07) is 16.3. The number of carbonyl (C=O) groups excluding carboxylic acids is 1. The summed E-state index contributed by atoms with van der Waals surface area (Å²) >= 11 is 0. The summed E-state index contributed by atoms with van der Waals surface area (Å²) < 4.78 is 15.4. The van der Waals surface area contributed by atoms with E-state index in [0.29, 0.717) is 18.7 Å². The molecule has 1 atom stereocenters. The zero-order valence-electron chi connectivity index (χ0n) is 14.3. The van der Waals surface area contributed by atoms with Gasteiger partial charge in [0.2, 0.25) is 5.91 Å². The molecule has 0 spiro atoms. The third-order valence-corrected chi connectivity index (χ3v) is 4.76. The van der Waals surface area contributed by atoms with E-state index in [0.717, 1.165) is 17.8 Å². The van der Waals surface area contributed by atoms with Crippen LogP contribution in [0.1, 0.15) is 18.0 Å². The van der Waals surface area contributed by atoms with Crippen LogP contribution in [0.5, 0.6) is 0 Å². The lowest BCUT2D eigenvalue weighted by atomic mass is 10.1. The average molecular weight is 350 g/mol. The van der Waals surface area contributed by atoms with Crippen LogP contribution < -0.4 is 0 Å². The van der Waals surface area contributed by atoms with Gasteiger partial charge >= 0.3 is 0 Å². The maximum Gasteiger partial charge on any atom is 0.227 e. The van der Waals surface area contributed by atoms with Crippen molar-refractivity contribution in [2.45, 2.75) is 18.9 Å².